The first-order valence-corrected chi connectivity index (χ1v) is 7.64. The fourth-order valence-corrected chi connectivity index (χ4v) is 3.15. The van der Waals surface area contributed by atoms with Crippen LogP contribution in [0.5, 0.6) is 0 Å². The molecule has 1 aliphatic rings. The zero-order valence-electron chi connectivity index (χ0n) is 11.7. The SMILES string of the molecule is O=c1onc2n1-c1ccc(Cl)cc1C(c1ccccc1Cl)OC2. The summed E-state index contributed by atoms with van der Waals surface area (Å²) in [5, 5.41) is 4.89. The molecule has 116 valence electrons. The standard InChI is InChI=1S/C16H10Cl2N2O3/c17-9-5-6-13-11(7-9)15(10-3-1-2-4-12(10)18)22-8-14-19-23-16(21)20(13)14/h1-7,15H,8H2. The lowest BCUT2D eigenvalue weighted by Crippen LogP contribution is -2.15. The number of nitrogens with zero attached hydrogens (tertiary/aromatic N) is 2. The zero-order chi connectivity index (χ0) is 16.0. The molecule has 7 heteroatoms. The summed E-state index contributed by atoms with van der Waals surface area (Å²) in [6, 6.07) is 12.6. The van der Waals surface area contributed by atoms with E-state index in [0.717, 1.165) is 11.1 Å². The van der Waals surface area contributed by atoms with Crippen molar-refractivity contribution in [3.8, 4) is 5.69 Å². The van der Waals surface area contributed by atoms with Gasteiger partial charge in [0, 0.05) is 21.2 Å². The zero-order valence-corrected chi connectivity index (χ0v) is 13.2. The predicted octanol–water partition coefficient (Wildman–Crippen LogP) is 3.75. The lowest BCUT2D eigenvalue weighted by atomic mass is 9.99. The fourth-order valence-electron chi connectivity index (χ4n) is 2.74. The lowest BCUT2D eigenvalue weighted by molar-refractivity contribution is 0.0640. The van der Waals surface area contributed by atoms with Crippen molar-refractivity contribution in [2.24, 2.45) is 0 Å². The van der Waals surface area contributed by atoms with Crippen LogP contribution in [0.2, 0.25) is 10.0 Å². The van der Waals surface area contributed by atoms with E-state index < -0.39 is 11.9 Å². The van der Waals surface area contributed by atoms with Gasteiger partial charge in [0.05, 0.1) is 5.69 Å². The largest absolute Gasteiger partial charge is 0.446 e. The molecule has 0 N–H and O–H groups in total. The van der Waals surface area contributed by atoms with Gasteiger partial charge in [0.1, 0.15) is 12.7 Å². The third-order valence-electron chi connectivity index (χ3n) is 3.75. The van der Waals surface area contributed by atoms with Gasteiger partial charge in [-0.2, -0.15) is 0 Å². The number of aromatic nitrogens is 2. The van der Waals surface area contributed by atoms with Gasteiger partial charge in [0.25, 0.3) is 0 Å². The van der Waals surface area contributed by atoms with Gasteiger partial charge in [0.2, 0.25) is 0 Å². The Bertz CT molecular complexity index is 948. The van der Waals surface area contributed by atoms with E-state index >= 15 is 0 Å². The molecule has 0 bridgehead atoms. The molecule has 1 aromatic heterocycles. The molecule has 2 aromatic carbocycles. The highest BCUT2D eigenvalue weighted by Gasteiger charge is 2.28. The van der Waals surface area contributed by atoms with E-state index in [4.69, 9.17) is 32.5 Å². The molecule has 0 amide bonds. The summed E-state index contributed by atoms with van der Waals surface area (Å²) in [5.74, 6) is -0.167. The number of halogens is 2. The maximum atomic E-state index is 12.0. The topological polar surface area (TPSA) is 57.3 Å². The predicted molar refractivity (Wildman–Crippen MR) is 85.2 cm³/mol. The maximum Gasteiger partial charge on any atom is 0.446 e. The minimum atomic E-state index is -0.563. The van der Waals surface area contributed by atoms with Crippen molar-refractivity contribution in [1.29, 1.82) is 0 Å². The lowest BCUT2D eigenvalue weighted by Gasteiger charge is -2.19. The molecule has 0 fully saturated rings. The second-order valence-electron chi connectivity index (χ2n) is 5.12. The van der Waals surface area contributed by atoms with Crippen molar-refractivity contribution in [3.63, 3.8) is 0 Å². The monoisotopic (exact) mass is 348 g/mol. The van der Waals surface area contributed by atoms with Crippen LogP contribution in [0.3, 0.4) is 0 Å². The Kier molecular flexibility index (Phi) is 3.49. The van der Waals surface area contributed by atoms with E-state index in [-0.39, 0.29) is 6.61 Å². The number of hydrogen-bond acceptors (Lipinski definition) is 4. The van der Waals surface area contributed by atoms with Crippen molar-refractivity contribution < 1.29 is 9.26 Å². The number of hydrogen-bond donors (Lipinski definition) is 0. The first kappa shape index (κ1) is 14.5. The van der Waals surface area contributed by atoms with E-state index in [9.17, 15) is 4.79 Å². The molecule has 0 saturated carbocycles. The Morgan fingerprint density at radius 3 is 2.78 bits per heavy atom. The summed E-state index contributed by atoms with van der Waals surface area (Å²) in [6.45, 7) is 0.119. The highest BCUT2D eigenvalue weighted by molar-refractivity contribution is 6.31. The van der Waals surface area contributed by atoms with Crippen LogP contribution in [0, 0.1) is 0 Å². The van der Waals surface area contributed by atoms with Crippen LogP contribution in [0.25, 0.3) is 5.69 Å². The summed E-state index contributed by atoms with van der Waals surface area (Å²) >= 11 is 12.5. The third-order valence-corrected chi connectivity index (χ3v) is 4.33. The molecule has 23 heavy (non-hydrogen) atoms. The first-order valence-electron chi connectivity index (χ1n) is 6.88. The average Bonchev–Trinajstić information content (AvgIpc) is 2.82. The average molecular weight is 349 g/mol. The Morgan fingerprint density at radius 2 is 1.96 bits per heavy atom. The second-order valence-corrected chi connectivity index (χ2v) is 5.96. The van der Waals surface area contributed by atoms with Crippen LogP contribution in [0.1, 0.15) is 23.1 Å². The van der Waals surface area contributed by atoms with Crippen LogP contribution in [0.4, 0.5) is 0 Å². The molecular weight excluding hydrogens is 339 g/mol. The quantitative estimate of drug-likeness (QED) is 0.671. The molecule has 0 spiro atoms. The highest BCUT2D eigenvalue weighted by Crippen LogP contribution is 2.38. The van der Waals surface area contributed by atoms with E-state index in [1.54, 1.807) is 24.3 Å². The van der Waals surface area contributed by atoms with Gasteiger partial charge < -0.3 is 4.74 Å². The van der Waals surface area contributed by atoms with E-state index in [2.05, 4.69) is 5.16 Å². The normalized spacial score (nSPS) is 16.5. The smallest absolute Gasteiger partial charge is 0.361 e. The van der Waals surface area contributed by atoms with Crippen molar-refractivity contribution in [1.82, 2.24) is 9.72 Å². The molecule has 4 rings (SSSR count). The van der Waals surface area contributed by atoms with Gasteiger partial charge in [-0.15, -0.1) is 0 Å². The minimum Gasteiger partial charge on any atom is -0.361 e. The molecule has 2 heterocycles. The molecular formula is C16H10Cl2N2O3. The molecule has 1 unspecified atom stereocenters. The van der Waals surface area contributed by atoms with Crippen molar-refractivity contribution in [2.45, 2.75) is 12.7 Å². The van der Waals surface area contributed by atoms with Crippen molar-refractivity contribution >= 4 is 23.2 Å². The number of fused-ring (bicyclic) bond motifs is 3. The van der Waals surface area contributed by atoms with Crippen LogP contribution < -0.4 is 5.76 Å². The van der Waals surface area contributed by atoms with Gasteiger partial charge in [0.15, 0.2) is 5.82 Å². The summed E-state index contributed by atoms with van der Waals surface area (Å²) in [7, 11) is 0. The molecule has 1 atom stereocenters. The van der Waals surface area contributed by atoms with E-state index in [0.29, 0.717) is 21.6 Å². The van der Waals surface area contributed by atoms with Crippen molar-refractivity contribution in [3.05, 3.63) is 80.0 Å². The van der Waals surface area contributed by atoms with Gasteiger partial charge in [-0.25, -0.2) is 9.36 Å². The van der Waals surface area contributed by atoms with Crippen LogP contribution in [-0.4, -0.2) is 9.72 Å². The molecule has 0 saturated heterocycles. The molecule has 5 nitrogen and oxygen atoms in total. The van der Waals surface area contributed by atoms with E-state index in [1.807, 2.05) is 18.2 Å². The molecule has 0 radical (unpaired) electrons. The minimum absolute atomic E-state index is 0.119. The Morgan fingerprint density at radius 1 is 1.13 bits per heavy atom. The highest BCUT2D eigenvalue weighted by atomic mass is 35.5. The Labute approximate surface area is 141 Å². The fraction of sp³-hybridized carbons (Fsp3) is 0.125. The third kappa shape index (κ3) is 2.37. The van der Waals surface area contributed by atoms with Crippen molar-refractivity contribution in [2.75, 3.05) is 0 Å². The molecule has 3 aromatic rings. The van der Waals surface area contributed by atoms with Gasteiger partial charge in [-0.3, -0.25) is 4.52 Å². The number of ether oxygens (including phenoxy) is 1. The van der Waals surface area contributed by atoms with Crippen LogP contribution in [-0.2, 0) is 11.3 Å². The van der Waals surface area contributed by atoms with Gasteiger partial charge >= 0.3 is 5.76 Å². The summed E-state index contributed by atoms with van der Waals surface area (Å²) in [5.41, 5.74) is 2.15. The van der Waals surface area contributed by atoms with Crippen LogP contribution >= 0.6 is 23.2 Å². The van der Waals surface area contributed by atoms with Crippen LogP contribution in [0.15, 0.2) is 51.8 Å². The summed E-state index contributed by atoms with van der Waals surface area (Å²) in [4.78, 5) is 12.0. The second kappa shape index (κ2) is 5.53. The summed E-state index contributed by atoms with van der Waals surface area (Å²) in [6.07, 6.45) is -0.460. The first-order chi connectivity index (χ1) is 11.1. The Hall–Kier alpha value is -2.08. The summed E-state index contributed by atoms with van der Waals surface area (Å²) < 4.78 is 12.1. The Balaban J connectivity index is 1.99. The number of rotatable bonds is 1. The molecule has 1 aliphatic heterocycles. The number of benzene rings is 2. The van der Waals surface area contributed by atoms with Gasteiger partial charge in [-0.05, 0) is 24.3 Å². The van der Waals surface area contributed by atoms with E-state index in [1.165, 1.54) is 4.57 Å². The maximum absolute atomic E-state index is 12.0. The molecule has 0 aliphatic carbocycles. The van der Waals surface area contributed by atoms with Gasteiger partial charge in [-0.1, -0.05) is 46.6 Å².